The Labute approximate surface area is 156 Å². The maximum absolute atomic E-state index is 12.8. The first-order valence-corrected chi connectivity index (χ1v) is 9.22. The van der Waals surface area contributed by atoms with Gasteiger partial charge in [-0.15, -0.1) is 0 Å². The Morgan fingerprint density at radius 2 is 1.04 bits per heavy atom. The van der Waals surface area contributed by atoms with E-state index in [1.165, 1.54) is 0 Å². The molecule has 1 aliphatic rings. The van der Waals surface area contributed by atoms with Crippen LogP contribution in [0.3, 0.4) is 0 Å². The van der Waals surface area contributed by atoms with Gasteiger partial charge in [0.25, 0.3) is 0 Å². The molecule has 0 heterocycles. The number of benzene rings is 2. The van der Waals surface area contributed by atoms with Crippen molar-refractivity contribution in [1.29, 1.82) is 0 Å². The molecule has 0 bridgehead atoms. The third-order valence-electron chi connectivity index (χ3n) is 4.50. The number of carbonyl (C=O) groups is 1. The lowest BCUT2D eigenvalue weighted by Gasteiger charge is -2.02. The van der Waals surface area contributed by atoms with Crippen molar-refractivity contribution in [3.8, 4) is 0 Å². The summed E-state index contributed by atoms with van der Waals surface area (Å²) in [6, 6.07) is 20.3. The van der Waals surface area contributed by atoms with Crippen molar-refractivity contribution in [2.45, 2.75) is 25.7 Å². The highest BCUT2D eigenvalue weighted by atomic mass is 16.1. The summed E-state index contributed by atoms with van der Waals surface area (Å²) in [5.74, 6) is 0.193. The van der Waals surface area contributed by atoms with E-state index in [1.807, 2.05) is 72.9 Å². The molecule has 3 rings (SSSR count). The molecule has 1 saturated carbocycles. The molecule has 130 valence electrons. The molecule has 0 aliphatic heterocycles. The molecule has 0 unspecified atom stereocenters. The summed E-state index contributed by atoms with van der Waals surface area (Å²) < 4.78 is 0. The van der Waals surface area contributed by atoms with Gasteiger partial charge in [-0.2, -0.15) is 0 Å². The lowest BCUT2D eigenvalue weighted by atomic mass is 10.0. The highest BCUT2D eigenvalue weighted by molar-refractivity contribution is 6.08. The predicted molar refractivity (Wildman–Crippen MR) is 111 cm³/mol. The number of carbonyl (C=O) groups excluding carboxylic acids is 1. The van der Waals surface area contributed by atoms with Gasteiger partial charge < -0.3 is 0 Å². The summed E-state index contributed by atoms with van der Waals surface area (Å²) in [4.78, 5) is 12.8. The van der Waals surface area contributed by atoms with E-state index in [2.05, 4.69) is 24.3 Å². The molecule has 26 heavy (non-hydrogen) atoms. The number of Topliss-reactive ketones (excluding diaryl/α,β-unsaturated/α-hetero) is 1. The van der Waals surface area contributed by atoms with Crippen molar-refractivity contribution < 1.29 is 4.79 Å². The SMILES string of the molecule is O=C1/C(=C/C=C\c2ccccc2)CCCC/C1=C\C=C/c1ccccc1. The van der Waals surface area contributed by atoms with Crippen LogP contribution in [0.5, 0.6) is 0 Å². The Hall–Kier alpha value is -2.93. The van der Waals surface area contributed by atoms with Crippen LogP contribution in [0.2, 0.25) is 0 Å². The molecule has 1 heteroatoms. The van der Waals surface area contributed by atoms with E-state index in [0.29, 0.717) is 0 Å². The summed E-state index contributed by atoms with van der Waals surface area (Å²) in [5, 5.41) is 0. The number of hydrogen-bond donors (Lipinski definition) is 0. The first-order valence-electron chi connectivity index (χ1n) is 9.22. The van der Waals surface area contributed by atoms with Crippen LogP contribution >= 0.6 is 0 Å². The quantitative estimate of drug-likeness (QED) is 0.464. The normalized spacial score (nSPS) is 18.8. The molecular formula is C25H24O. The Bertz CT molecular complexity index is 765. The zero-order valence-electron chi connectivity index (χ0n) is 15.0. The minimum absolute atomic E-state index is 0.193. The lowest BCUT2D eigenvalue weighted by molar-refractivity contribution is -0.112. The zero-order chi connectivity index (χ0) is 18.0. The van der Waals surface area contributed by atoms with Crippen LogP contribution in [0.1, 0.15) is 36.8 Å². The van der Waals surface area contributed by atoms with Crippen LogP contribution < -0.4 is 0 Å². The van der Waals surface area contributed by atoms with Crippen LogP contribution in [0.4, 0.5) is 0 Å². The topological polar surface area (TPSA) is 17.1 Å². The average Bonchev–Trinajstić information content (AvgIpc) is 2.86. The van der Waals surface area contributed by atoms with E-state index in [-0.39, 0.29) is 5.78 Å². The van der Waals surface area contributed by atoms with Crippen molar-refractivity contribution >= 4 is 17.9 Å². The maximum atomic E-state index is 12.8. The van der Waals surface area contributed by atoms with Gasteiger partial charge in [0.2, 0.25) is 0 Å². The third-order valence-corrected chi connectivity index (χ3v) is 4.50. The summed E-state index contributed by atoms with van der Waals surface area (Å²) in [6.45, 7) is 0. The first kappa shape index (κ1) is 17.9. The standard InChI is InChI=1S/C25H24O/c26-25-23(19-9-15-21-11-3-1-4-12-21)17-7-8-18-24(25)20-10-16-22-13-5-2-6-14-22/h1-6,9-16,19-20H,7-8,17-18H2/b15-9-,16-10-,23-19+,24-20+. The molecule has 1 nitrogen and oxygen atoms in total. The fourth-order valence-corrected chi connectivity index (χ4v) is 3.06. The van der Waals surface area contributed by atoms with Gasteiger partial charge in [-0.3, -0.25) is 4.79 Å². The second-order valence-corrected chi connectivity index (χ2v) is 6.46. The Morgan fingerprint density at radius 3 is 1.46 bits per heavy atom. The van der Waals surface area contributed by atoms with Crippen molar-refractivity contribution in [2.75, 3.05) is 0 Å². The molecule has 2 aromatic carbocycles. The predicted octanol–water partition coefficient (Wildman–Crippen LogP) is 6.41. The fraction of sp³-hybridized carbons (Fsp3) is 0.160. The molecule has 0 aromatic heterocycles. The molecule has 0 spiro atoms. The molecule has 2 aromatic rings. The molecule has 0 saturated heterocycles. The summed E-state index contributed by atoms with van der Waals surface area (Å²) in [6.07, 6.45) is 15.9. The van der Waals surface area contributed by atoms with Crippen molar-refractivity contribution in [1.82, 2.24) is 0 Å². The van der Waals surface area contributed by atoms with E-state index < -0.39 is 0 Å². The number of allylic oxidation sites excluding steroid dienone is 6. The van der Waals surface area contributed by atoms with Crippen LogP contribution in [-0.2, 0) is 4.79 Å². The Balaban J connectivity index is 1.72. The van der Waals surface area contributed by atoms with Crippen LogP contribution in [0, 0.1) is 0 Å². The smallest absolute Gasteiger partial charge is 0.184 e. The van der Waals surface area contributed by atoms with Crippen molar-refractivity contribution in [3.63, 3.8) is 0 Å². The van der Waals surface area contributed by atoms with E-state index in [9.17, 15) is 4.79 Å². The minimum Gasteiger partial charge on any atom is -0.289 e. The van der Waals surface area contributed by atoms with Gasteiger partial charge in [-0.25, -0.2) is 0 Å². The van der Waals surface area contributed by atoms with Gasteiger partial charge in [-0.1, -0.05) is 97.1 Å². The number of rotatable bonds is 4. The molecular weight excluding hydrogens is 316 g/mol. The fourth-order valence-electron chi connectivity index (χ4n) is 3.06. The monoisotopic (exact) mass is 340 g/mol. The van der Waals surface area contributed by atoms with E-state index in [4.69, 9.17) is 0 Å². The number of ketones is 1. The Morgan fingerprint density at radius 1 is 0.615 bits per heavy atom. The number of hydrogen-bond acceptors (Lipinski definition) is 1. The second kappa shape index (κ2) is 9.53. The molecule has 1 aliphatic carbocycles. The summed E-state index contributed by atoms with van der Waals surface area (Å²) >= 11 is 0. The van der Waals surface area contributed by atoms with Crippen LogP contribution in [0.15, 0.2) is 96.1 Å². The summed E-state index contributed by atoms with van der Waals surface area (Å²) in [5.41, 5.74) is 4.11. The van der Waals surface area contributed by atoms with Gasteiger partial charge in [0.05, 0.1) is 0 Å². The van der Waals surface area contributed by atoms with Crippen molar-refractivity contribution in [3.05, 3.63) is 107 Å². The molecule has 0 N–H and O–H groups in total. The third kappa shape index (κ3) is 5.29. The highest BCUT2D eigenvalue weighted by Gasteiger charge is 2.17. The minimum atomic E-state index is 0.193. The van der Waals surface area contributed by atoms with E-state index in [0.717, 1.165) is 48.0 Å². The molecule has 0 radical (unpaired) electrons. The van der Waals surface area contributed by atoms with Gasteiger partial charge in [0.1, 0.15) is 0 Å². The largest absolute Gasteiger partial charge is 0.289 e. The van der Waals surface area contributed by atoms with Crippen LogP contribution in [-0.4, -0.2) is 5.78 Å². The highest BCUT2D eigenvalue weighted by Crippen LogP contribution is 2.24. The lowest BCUT2D eigenvalue weighted by Crippen LogP contribution is -2.03. The maximum Gasteiger partial charge on any atom is 0.184 e. The summed E-state index contributed by atoms with van der Waals surface area (Å²) in [7, 11) is 0. The van der Waals surface area contributed by atoms with E-state index >= 15 is 0 Å². The molecule has 1 fully saturated rings. The van der Waals surface area contributed by atoms with Gasteiger partial charge >= 0.3 is 0 Å². The van der Waals surface area contributed by atoms with Crippen LogP contribution in [0.25, 0.3) is 12.2 Å². The zero-order valence-corrected chi connectivity index (χ0v) is 15.0. The molecule has 0 amide bonds. The van der Waals surface area contributed by atoms with Gasteiger partial charge in [0.15, 0.2) is 5.78 Å². The van der Waals surface area contributed by atoms with E-state index in [1.54, 1.807) is 0 Å². The average molecular weight is 340 g/mol. The second-order valence-electron chi connectivity index (χ2n) is 6.46. The molecule has 0 atom stereocenters. The van der Waals surface area contributed by atoms with Gasteiger partial charge in [-0.05, 0) is 48.0 Å². The first-order chi connectivity index (χ1) is 12.8. The van der Waals surface area contributed by atoms with Gasteiger partial charge in [0, 0.05) is 0 Å². The Kier molecular flexibility index (Phi) is 6.55. The van der Waals surface area contributed by atoms with Crippen molar-refractivity contribution in [2.24, 2.45) is 0 Å².